The minimum absolute atomic E-state index is 0.0363. The Kier molecular flexibility index (Phi) is 32.1. The largest absolute Gasteiger partial charge is 0.508 e. The van der Waals surface area contributed by atoms with Crippen LogP contribution in [0.4, 0.5) is 18.4 Å². The maximum absolute atomic E-state index is 14.7. The molecule has 30 nitrogen and oxygen atoms in total. The fourth-order valence-electron chi connectivity index (χ4n) is 8.92. The van der Waals surface area contributed by atoms with Crippen LogP contribution in [0.25, 0.3) is 0 Å². The zero-order valence-corrected chi connectivity index (χ0v) is 49.5. The predicted molar refractivity (Wildman–Crippen MR) is 318 cm³/mol. The Morgan fingerprint density at radius 3 is 1.72 bits per heavy atom. The summed E-state index contributed by atoms with van der Waals surface area (Å²) in [6, 6.07) is 14.0. The van der Waals surface area contributed by atoms with E-state index < -0.39 is 95.1 Å². The number of carbonyl (C=O) groups is 10. The SMILES string of the molecule is CCC(=O)NCCNC(=O)/N=C(/N)NCCC[C@@H](NC(=O)C(c1ccccc1)c1cccc(OCCCCNC(=O)NNC(=O)CCNC(=O)CN2CCN(CC(=O)O)CCN(CC(=O)O)CCN(CC(=O)O)CC2)c1)C(=O)NCc1c(F)cc(O)cc1F. The van der Waals surface area contributed by atoms with E-state index in [9.17, 15) is 77.2 Å². The highest BCUT2D eigenvalue weighted by molar-refractivity contribution is 5.93. The Morgan fingerprint density at radius 2 is 1.13 bits per heavy atom. The van der Waals surface area contributed by atoms with Crippen molar-refractivity contribution in [1.29, 1.82) is 0 Å². The number of phenolic OH excluding ortho intramolecular Hbond substituents is 1. The highest BCUT2D eigenvalue weighted by atomic mass is 19.1. The van der Waals surface area contributed by atoms with Crippen molar-refractivity contribution in [3.63, 3.8) is 0 Å². The van der Waals surface area contributed by atoms with Crippen molar-refractivity contribution in [3.05, 3.63) is 95.1 Å². The monoisotopic (exact) mass is 1250 g/mol. The van der Waals surface area contributed by atoms with Crippen molar-refractivity contribution < 1.29 is 81.9 Å². The van der Waals surface area contributed by atoms with E-state index >= 15 is 0 Å². The Hall–Kier alpha value is -9.27. The number of hydrazine groups is 1. The zero-order valence-electron chi connectivity index (χ0n) is 49.5. The molecule has 0 bridgehead atoms. The molecule has 3 aromatic rings. The lowest BCUT2D eigenvalue weighted by Crippen LogP contribution is -2.50. The van der Waals surface area contributed by atoms with E-state index in [-0.39, 0.29) is 155 Å². The topological polar surface area (TPSA) is 420 Å². The third-order valence-corrected chi connectivity index (χ3v) is 13.5. The van der Waals surface area contributed by atoms with Crippen LogP contribution in [0, 0.1) is 11.6 Å². The number of benzene rings is 3. The molecule has 15 N–H and O–H groups in total. The molecule has 0 spiro atoms. The summed E-state index contributed by atoms with van der Waals surface area (Å²) in [5.74, 6) is -9.64. The lowest BCUT2D eigenvalue weighted by Gasteiger charge is -2.32. The lowest BCUT2D eigenvalue weighted by molar-refractivity contribution is -0.140. The standard InChI is InChI=1S/C57H81F2N15O15/c1-2-46(76)62-19-20-65-56(87)68-55(60)63-17-9-14-45(53(85)66-33-42-43(58)31-40(75)32-44(42)59)67-54(86)52(38-10-4-3-5-11-38)39-12-8-13-41(30-39)89-29-7-6-16-64-57(88)70-69-47(77)15-18-61-48(78)34-71-21-23-72(35-49(79)80)25-27-74(37-51(83)84)28-26-73(24-22-71)36-50(81)82/h3-5,8,10-13,30-32,45,52,75H,2,6-7,9,14-29,33-37H2,1H3,(H,61,78)(H,62,76)(H,66,85)(H,67,86)(H,69,77)(H,79,80)(H,81,82)(H,83,84)(H2,64,70,88)(H4,60,63,65,68,87)/t45-,52?/m1/s1. The molecule has 3 aromatic carbocycles. The molecular weight excluding hydrogens is 1170 g/mol. The van der Waals surface area contributed by atoms with E-state index in [1.165, 1.54) is 0 Å². The molecule has 488 valence electrons. The summed E-state index contributed by atoms with van der Waals surface area (Å²) in [7, 11) is 0. The fourth-order valence-corrected chi connectivity index (χ4v) is 8.92. The number of aliphatic carboxylic acids is 3. The van der Waals surface area contributed by atoms with Crippen LogP contribution in [0.5, 0.6) is 11.5 Å². The number of phenols is 1. The quantitative estimate of drug-likeness (QED) is 0.0154. The third kappa shape index (κ3) is 29.3. The minimum Gasteiger partial charge on any atom is -0.508 e. The summed E-state index contributed by atoms with van der Waals surface area (Å²) in [6.07, 6.45) is 1.10. The van der Waals surface area contributed by atoms with Gasteiger partial charge >= 0.3 is 30.0 Å². The molecule has 1 aliphatic rings. The molecule has 0 radical (unpaired) electrons. The molecular formula is C57H81F2N15O15. The average Bonchev–Trinajstić information content (AvgIpc) is 2.36. The van der Waals surface area contributed by atoms with Gasteiger partial charge in [-0.3, -0.25) is 63.4 Å². The highest BCUT2D eigenvalue weighted by Crippen LogP contribution is 2.28. The van der Waals surface area contributed by atoms with E-state index in [0.29, 0.717) is 41.9 Å². The summed E-state index contributed by atoms with van der Waals surface area (Å²) >= 11 is 0. The fraction of sp³-hybridized carbons (Fsp3) is 0.491. The van der Waals surface area contributed by atoms with Crippen LogP contribution in [-0.4, -0.2) is 229 Å². The van der Waals surface area contributed by atoms with Crippen LogP contribution in [0.15, 0.2) is 71.7 Å². The number of carbonyl (C=O) groups excluding carboxylic acids is 7. The van der Waals surface area contributed by atoms with Gasteiger partial charge in [-0.05, 0) is 48.9 Å². The summed E-state index contributed by atoms with van der Waals surface area (Å²) in [5.41, 5.74) is 10.9. The summed E-state index contributed by atoms with van der Waals surface area (Å²) < 4.78 is 35.3. The van der Waals surface area contributed by atoms with Crippen LogP contribution >= 0.6 is 0 Å². The molecule has 9 amide bonds. The van der Waals surface area contributed by atoms with E-state index in [4.69, 9.17) is 10.5 Å². The van der Waals surface area contributed by atoms with Gasteiger partial charge in [-0.2, -0.15) is 4.99 Å². The van der Waals surface area contributed by atoms with Gasteiger partial charge in [0.2, 0.25) is 29.5 Å². The van der Waals surface area contributed by atoms with Crippen molar-refractivity contribution in [3.8, 4) is 11.5 Å². The number of halogens is 2. The first-order chi connectivity index (χ1) is 42.6. The molecule has 1 aliphatic heterocycles. The van der Waals surface area contributed by atoms with Crippen molar-refractivity contribution in [2.75, 3.05) is 118 Å². The van der Waals surface area contributed by atoms with Crippen LogP contribution in [0.3, 0.4) is 0 Å². The number of unbranched alkanes of at least 4 members (excludes halogenated alkanes) is 1. The number of ether oxygens (including phenoxy) is 1. The molecule has 1 fully saturated rings. The normalized spacial score (nSPS) is 14.4. The average molecular weight is 1250 g/mol. The first-order valence-electron chi connectivity index (χ1n) is 28.9. The number of aromatic hydroxyl groups is 1. The van der Waals surface area contributed by atoms with Gasteiger partial charge in [0.1, 0.15) is 29.2 Å². The number of carboxylic acids is 3. The first kappa shape index (κ1) is 72.2. The highest BCUT2D eigenvalue weighted by Gasteiger charge is 2.29. The second-order valence-corrected chi connectivity index (χ2v) is 20.5. The molecule has 1 unspecified atom stereocenters. The molecule has 32 heteroatoms. The number of hydrogen-bond acceptors (Lipinski definition) is 16. The number of urea groups is 2. The summed E-state index contributed by atoms with van der Waals surface area (Å²) in [5, 5.41) is 56.3. The number of rotatable bonds is 32. The maximum atomic E-state index is 14.7. The lowest BCUT2D eigenvalue weighted by atomic mass is 9.90. The summed E-state index contributed by atoms with van der Waals surface area (Å²) in [4.78, 5) is 135. The Labute approximate surface area is 512 Å². The molecule has 0 aliphatic carbocycles. The van der Waals surface area contributed by atoms with Gasteiger partial charge in [0.15, 0.2) is 5.96 Å². The number of nitrogens with zero attached hydrogens (tertiary/aromatic N) is 5. The van der Waals surface area contributed by atoms with Crippen molar-refractivity contribution in [2.24, 2.45) is 10.7 Å². The maximum Gasteiger partial charge on any atom is 0.344 e. The molecule has 4 rings (SSSR count). The third-order valence-electron chi connectivity index (χ3n) is 13.5. The van der Waals surface area contributed by atoms with Crippen molar-refractivity contribution in [1.82, 2.24) is 67.7 Å². The Balaban J connectivity index is 1.25. The van der Waals surface area contributed by atoms with Gasteiger partial charge in [-0.25, -0.2) is 23.8 Å². The van der Waals surface area contributed by atoms with Gasteiger partial charge < -0.3 is 68.1 Å². The predicted octanol–water partition coefficient (Wildman–Crippen LogP) is -1.01. The van der Waals surface area contributed by atoms with Gasteiger partial charge in [0.25, 0.3) is 0 Å². The van der Waals surface area contributed by atoms with Gasteiger partial charge in [0, 0.05) is 122 Å². The van der Waals surface area contributed by atoms with E-state index in [1.54, 1.807) is 81.1 Å². The number of aliphatic imine (C=N–C) groups is 1. The van der Waals surface area contributed by atoms with Crippen LogP contribution in [0.2, 0.25) is 0 Å². The zero-order chi connectivity index (χ0) is 65.1. The second-order valence-electron chi connectivity index (χ2n) is 20.5. The van der Waals surface area contributed by atoms with Crippen LogP contribution in [0.1, 0.15) is 68.1 Å². The van der Waals surface area contributed by atoms with Gasteiger partial charge in [0.05, 0.1) is 38.7 Å². The molecule has 0 saturated carbocycles. The van der Waals surface area contributed by atoms with E-state index in [1.807, 2.05) is 0 Å². The first-order valence-corrected chi connectivity index (χ1v) is 28.9. The summed E-state index contributed by atoms with van der Waals surface area (Å²) in [6.45, 7) is 2.34. The van der Waals surface area contributed by atoms with E-state index in [0.717, 1.165) is 0 Å². The van der Waals surface area contributed by atoms with Crippen molar-refractivity contribution >= 4 is 65.5 Å². The van der Waals surface area contributed by atoms with Crippen LogP contribution < -0.4 is 58.5 Å². The molecule has 1 heterocycles. The van der Waals surface area contributed by atoms with Crippen LogP contribution in [-0.2, 0) is 44.9 Å². The molecule has 2 atom stereocenters. The van der Waals surface area contributed by atoms with Gasteiger partial charge in [-0.1, -0.05) is 49.4 Å². The Bertz CT molecular complexity index is 2820. The number of carboxylic acid groups (broad SMARTS) is 3. The number of amides is 9. The minimum atomic E-state index is -1.28. The number of guanidine groups is 1. The molecule has 1 saturated heterocycles. The number of nitrogens with one attached hydrogen (secondary N) is 9. The number of hydrogen-bond donors (Lipinski definition) is 14. The molecule has 0 aromatic heterocycles. The molecule has 89 heavy (non-hydrogen) atoms. The second kappa shape index (κ2) is 39.5. The smallest absolute Gasteiger partial charge is 0.344 e. The Morgan fingerprint density at radius 1 is 0.584 bits per heavy atom. The van der Waals surface area contributed by atoms with Gasteiger partial charge in [-0.15, -0.1) is 0 Å². The van der Waals surface area contributed by atoms with E-state index in [2.05, 4.69) is 53.1 Å². The number of nitrogens with two attached hydrogens (primary N) is 1. The van der Waals surface area contributed by atoms with Crippen molar-refractivity contribution in [2.45, 2.75) is 64.0 Å².